The van der Waals surface area contributed by atoms with Gasteiger partial charge in [-0.05, 0) is 42.8 Å². The Morgan fingerprint density at radius 1 is 1.00 bits per heavy atom. The van der Waals surface area contributed by atoms with E-state index in [1.165, 1.54) is 0 Å². The average Bonchev–Trinajstić information content (AvgIpc) is 2.59. The third-order valence-corrected chi connectivity index (χ3v) is 3.13. The first-order valence-corrected chi connectivity index (χ1v) is 7.60. The molecule has 0 aliphatic carbocycles. The van der Waals surface area contributed by atoms with Crippen LogP contribution in [0, 0.1) is 0 Å². The first kappa shape index (κ1) is 16.8. The van der Waals surface area contributed by atoms with Gasteiger partial charge in [-0.2, -0.15) is 0 Å². The number of ether oxygens (including phenoxy) is 2. The fourth-order valence-corrected chi connectivity index (χ4v) is 1.95. The number of hydrogen-bond acceptors (Lipinski definition) is 4. The summed E-state index contributed by atoms with van der Waals surface area (Å²) in [6.07, 6.45) is 0.813. The van der Waals surface area contributed by atoms with Crippen LogP contribution in [-0.4, -0.2) is 32.7 Å². The van der Waals surface area contributed by atoms with Crippen LogP contribution in [0.15, 0.2) is 54.6 Å². The Hall–Kier alpha value is -2.53. The normalized spacial score (nSPS) is 10.1. The average molecular weight is 314 g/mol. The van der Waals surface area contributed by atoms with Gasteiger partial charge in [0.25, 0.3) is 0 Å². The van der Waals surface area contributed by atoms with Crippen LogP contribution in [0.4, 0.5) is 5.69 Å². The molecule has 23 heavy (non-hydrogen) atoms. The van der Waals surface area contributed by atoms with Crippen LogP contribution in [0.1, 0.15) is 6.42 Å². The lowest BCUT2D eigenvalue weighted by Crippen LogP contribution is -2.31. The lowest BCUT2D eigenvalue weighted by Gasteiger charge is -2.09. The van der Waals surface area contributed by atoms with Crippen molar-refractivity contribution < 1.29 is 14.3 Å². The van der Waals surface area contributed by atoms with Gasteiger partial charge < -0.3 is 20.1 Å². The van der Waals surface area contributed by atoms with Crippen LogP contribution in [0.5, 0.6) is 11.5 Å². The summed E-state index contributed by atoms with van der Waals surface area (Å²) >= 11 is 0. The second-order valence-corrected chi connectivity index (χ2v) is 4.99. The number of carbonyl (C=O) groups is 1. The van der Waals surface area contributed by atoms with Gasteiger partial charge in [0.05, 0.1) is 6.54 Å². The molecule has 0 saturated carbocycles. The topological polar surface area (TPSA) is 59.6 Å². The van der Waals surface area contributed by atoms with E-state index in [0.717, 1.165) is 23.6 Å². The Labute approximate surface area is 136 Å². The molecule has 5 heteroatoms. The predicted molar refractivity (Wildman–Crippen MR) is 91.0 cm³/mol. The predicted octanol–water partition coefficient (Wildman–Crippen LogP) is 3.04. The van der Waals surface area contributed by atoms with Gasteiger partial charge in [-0.3, -0.25) is 4.79 Å². The van der Waals surface area contributed by atoms with Gasteiger partial charge in [0.15, 0.2) is 0 Å². The van der Waals surface area contributed by atoms with E-state index < -0.39 is 0 Å². The molecule has 0 atom stereocenters. The SMILES string of the molecule is COCCCNC(=O)CNc1ccc(Oc2ccccc2)cc1. The molecule has 0 aromatic heterocycles. The number of para-hydroxylation sites is 1. The van der Waals surface area contributed by atoms with E-state index in [0.29, 0.717) is 13.2 Å². The molecule has 0 radical (unpaired) electrons. The molecule has 2 N–H and O–H groups in total. The van der Waals surface area contributed by atoms with Crippen molar-refractivity contribution in [1.29, 1.82) is 0 Å². The van der Waals surface area contributed by atoms with Crippen LogP contribution in [0.2, 0.25) is 0 Å². The van der Waals surface area contributed by atoms with E-state index in [1.54, 1.807) is 7.11 Å². The maximum absolute atomic E-state index is 11.6. The first-order valence-electron chi connectivity index (χ1n) is 7.60. The molecule has 1 amide bonds. The Balaban J connectivity index is 1.73. The highest BCUT2D eigenvalue weighted by Crippen LogP contribution is 2.22. The van der Waals surface area contributed by atoms with Crippen LogP contribution in [0.3, 0.4) is 0 Å². The Kier molecular flexibility index (Phi) is 6.94. The van der Waals surface area contributed by atoms with Crippen molar-refractivity contribution in [2.24, 2.45) is 0 Å². The van der Waals surface area contributed by atoms with E-state index in [4.69, 9.17) is 9.47 Å². The fraction of sp³-hybridized carbons (Fsp3) is 0.278. The Morgan fingerprint density at radius 2 is 1.70 bits per heavy atom. The zero-order valence-electron chi connectivity index (χ0n) is 13.2. The van der Waals surface area contributed by atoms with Gasteiger partial charge in [0.1, 0.15) is 11.5 Å². The number of benzene rings is 2. The largest absolute Gasteiger partial charge is 0.457 e. The summed E-state index contributed by atoms with van der Waals surface area (Å²) < 4.78 is 10.6. The molecule has 0 bridgehead atoms. The number of hydrogen-bond donors (Lipinski definition) is 2. The molecule has 0 spiro atoms. The smallest absolute Gasteiger partial charge is 0.239 e. The van der Waals surface area contributed by atoms with Gasteiger partial charge in [0, 0.05) is 25.9 Å². The van der Waals surface area contributed by atoms with Crippen LogP contribution in [-0.2, 0) is 9.53 Å². The minimum Gasteiger partial charge on any atom is -0.457 e. The minimum atomic E-state index is -0.0364. The van der Waals surface area contributed by atoms with Crippen molar-refractivity contribution in [3.8, 4) is 11.5 Å². The van der Waals surface area contributed by atoms with E-state index in [9.17, 15) is 4.79 Å². The minimum absolute atomic E-state index is 0.0364. The Morgan fingerprint density at radius 3 is 2.39 bits per heavy atom. The van der Waals surface area contributed by atoms with Crippen molar-refractivity contribution in [2.45, 2.75) is 6.42 Å². The van der Waals surface area contributed by atoms with E-state index in [1.807, 2.05) is 54.6 Å². The highest BCUT2D eigenvalue weighted by molar-refractivity contribution is 5.80. The summed E-state index contributed by atoms with van der Waals surface area (Å²) in [7, 11) is 1.65. The molecule has 0 fully saturated rings. The summed E-state index contributed by atoms with van der Waals surface area (Å²) in [5.41, 5.74) is 0.873. The quantitative estimate of drug-likeness (QED) is 0.699. The van der Waals surface area contributed by atoms with Crippen LogP contribution < -0.4 is 15.4 Å². The molecule has 0 saturated heterocycles. The summed E-state index contributed by atoms with van der Waals surface area (Å²) in [5.74, 6) is 1.51. The summed E-state index contributed by atoms with van der Waals surface area (Å²) in [4.78, 5) is 11.6. The molecule has 5 nitrogen and oxygen atoms in total. The summed E-state index contributed by atoms with van der Waals surface area (Å²) in [6, 6.07) is 17.1. The van der Waals surface area contributed by atoms with E-state index in [2.05, 4.69) is 10.6 Å². The molecule has 2 rings (SSSR count). The lowest BCUT2D eigenvalue weighted by molar-refractivity contribution is -0.119. The fourth-order valence-electron chi connectivity index (χ4n) is 1.95. The zero-order chi connectivity index (χ0) is 16.3. The number of rotatable bonds is 9. The highest BCUT2D eigenvalue weighted by atomic mass is 16.5. The first-order chi connectivity index (χ1) is 11.3. The number of amides is 1. The van der Waals surface area contributed by atoms with Gasteiger partial charge in [0.2, 0.25) is 5.91 Å². The van der Waals surface area contributed by atoms with Crippen molar-refractivity contribution in [2.75, 3.05) is 32.1 Å². The molecule has 0 aliphatic heterocycles. The molecule has 0 heterocycles. The Bertz CT molecular complexity index is 585. The van der Waals surface area contributed by atoms with Crippen molar-refractivity contribution in [3.05, 3.63) is 54.6 Å². The van der Waals surface area contributed by atoms with E-state index >= 15 is 0 Å². The third kappa shape index (κ3) is 6.40. The molecular formula is C18H22N2O3. The maximum Gasteiger partial charge on any atom is 0.239 e. The van der Waals surface area contributed by atoms with Crippen molar-refractivity contribution in [1.82, 2.24) is 5.32 Å². The van der Waals surface area contributed by atoms with Crippen molar-refractivity contribution >= 4 is 11.6 Å². The molecule has 0 unspecified atom stereocenters. The highest BCUT2D eigenvalue weighted by Gasteiger charge is 2.01. The molecule has 122 valence electrons. The molecule has 2 aromatic carbocycles. The van der Waals surface area contributed by atoms with Gasteiger partial charge in [-0.1, -0.05) is 18.2 Å². The third-order valence-electron chi connectivity index (χ3n) is 3.13. The van der Waals surface area contributed by atoms with Gasteiger partial charge in [-0.15, -0.1) is 0 Å². The summed E-state index contributed by atoms with van der Waals surface area (Å²) in [5, 5.41) is 5.90. The zero-order valence-corrected chi connectivity index (χ0v) is 13.2. The van der Waals surface area contributed by atoms with Gasteiger partial charge in [-0.25, -0.2) is 0 Å². The lowest BCUT2D eigenvalue weighted by atomic mass is 10.3. The number of methoxy groups -OCH3 is 1. The second kappa shape index (κ2) is 9.48. The number of carbonyl (C=O) groups excluding carboxylic acids is 1. The molecule has 2 aromatic rings. The maximum atomic E-state index is 11.6. The van der Waals surface area contributed by atoms with Crippen LogP contribution in [0.25, 0.3) is 0 Å². The molecular weight excluding hydrogens is 292 g/mol. The standard InChI is InChI=1S/C18H22N2O3/c1-22-13-5-12-19-18(21)14-20-15-8-10-17(11-9-15)23-16-6-3-2-4-7-16/h2-4,6-11,20H,5,12-14H2,1H3,(H,19,21). The number of nitrogens with one attached hydrogen (secondary N) is 2. The number of anilines is 1. The molecule has 0 aliphatic rings. The second-order valence-electron chi connectivity index (χ2n) is 4.99. The van der Waals surface area contributed by atoms with E-state index in [-0.39, 0.29) is 12.5 Å². The monoisotopic (exact) mass is 314 g/mol. The van der Waals surface area contributed by atoms with Gasteiger partial charge >= 0.3 is 0 Å². The van der Waals surface area contributed by atoms with Crippen molar-refractivity contribution in [3.63, 3.8) is 0 Å². The van der Waals surface area contributed by atoms with Crippen LogP contribution >= 0.6 is 0 Å². The summed E-state index contributed by atoms with van der Waals surface area (Å²) in [6.45, 7) is 1.51.